The van der Waals surface area contributed by atoms with E-state index in [0.717, 1.165) is 5.69 Å². The van der Waals surface area contributed by atoms with Crippen LogP contribution in [-0.4, -0.2) is 14.7 Å². The second kappa shape index (κ2) is 6.08. The molecule has 0 saturated carbocycles. The monoisotopic (exact) mass is 323 g/mol. The average Bonchev–Trinajstić information content (AvgIpc) is 2.40. The van der Waals surface area contributed by atoms with E-state index in [1.165, 1.54) is 17.4 Å². The first-order valence-electron chi connectivity index (χ1n) is 6.57. The van der Waals surface area contributed by atoms with Gasteiger partial charge in [0.15, 0.2) is 9.84 Å². The van der Waals surface area contributed by atoms with Crippen molar-refractivity contribution < 1.29 is 8.42 Å². The summed E-state index contributed by atoms with van der Waals surface area (Å²) in [7, 11) is -3.30. The zero-order chi connectivity index (χ0) is 15.6. The van der Waals surface area contributed by atoms with Crippen LogP contribution >= 0.6 is 11.6 Å². The lowest BCUT2D eigenvalue weighted by molar-refractivity contribution is 0.601. The highest BCUT2D eigenvalue weighted by molar-refractivity contribution is 7.90. The third-order valence-corrected chi connectivity index (χ3v) is 4.99. The van der Waals surface area contributed by atoms with E-state index in [1.54, 1.807) is 18.2 Å². The minimum Gasteiger partial charge on any atom is -0.381 e. The summed E-state index contributed by atoms with van der Waals surface area (Å²) in [6, 6.07) is 11.0. The second-order valence-corrected chi connectivity index (χ2v) is 7.53. The van der Waals surface area contributed by atoms with Crippen molar-refractivity contribution in [3.8, 4) is 0 Å². The molecule has 0 aliphatic carbocycles. The molecule has 0 radical (unpaired) electrons. The maximum absolute atomic E-state index is 11.8. The highest BCUT2D eigenvalue weighted by atomic mass is 35.5. The molecule has 0 unspecified atom stereocenters. The molecule has 2 aromatic rings. The van der Waals surface area contributed by atoms with Gasteiger partial charge < -0.3 is 5.32 Å². The summed E-state index contributed by atoms with van der Waals surface area (Å²) in [5.41, 5.74) is 3.94. The van der Waals surface area contributed by atoms with Gasteiger partial charge in [0.2, 0.25) is 0 Å². The Balaban J connectivity index is 2.30. The lowest BCUT2D eigenvalue weighted by Gasteiger charge is -2.13. The van der Waals surface area contributed by atoms with E-state index < -0.39 is 9.84 Å². The van der Waals surface area contributed by atoms with Gasteiger partial charge in [-0.15, -0.1) is 0 Å². The van der Waals surface area contributed by atoms with Crippen molar-refractivity contribution in [1.82, 2.24) is 0 Å². The third-order valence-electron chi connectivity index (χ3n) is 3.45. The summed E-state index contributed by atoms with van der Waals surface area (Å²) < 4.78 is 23.7. The van der Waals surface area contributed by atoms with E-state index in [2.05, 4.69) is 12.2 Å². The SMILES string of the molecule is Cc1ccc(NCc2c(Cl)cccc2S(C)(=O)=O)cc1C. The van der Waals surface area contributed by atoms with E-state index in [9.17, 15) is 8.42 Å². The van der Waals surface area contributed by atoms with Crippen LogP contribution in [0.3, 0.4) is 0 Å². The molecule has 2 rings (SSSR count). The van der Waals surface area contributed by atoms with Gasteiger partial charge in [0.25, 0.3) is 0 Å². The molecule has 0 heterocycles. The molecule has 0 bridgehead atoms. The standard InChI is InChI=1S/C16H18ClNO2S/c1-11-7-8-13(9-12(11)2)18-10-14-15(17)5-4-6-16(14)21(3,19)20/h4-9,18H,10H2,1-3H3. The molecule has 3 nitrogen and oxygen atoms in total. The van der Waals surface area contributed by atoms with Crippen molar-refractivity contribution in [2.45, 2.75) is 25.3 Å². The van der Waals surface area contributed by atoms with Gasteiger partial charge in [0.05, 0.1) is 4.90 Å². The Hall–Kier alpha value is -1.52. The average molecular weight is 324 g/mol. The Morgan fingerprint density at radius 1 is 1.10 bits per heavy atom. The van der Waals surface area contributed by atoms with Gasteiger partial charge in [-0.3, -0.25) is 0 Å². The van der Waals surface area contributed by atoms with Crippen LogP contribution in [0.5, 0.6) is 0 Å². The van der Waals surface area contributed by atoms with E-state index in [1.807, 2.05) is 25.1 Å². The number of benzene rings is 2. The van der Waals surface area contributed by atoms with Crippen LogP contribution in [0, 0.1) is 13.8 Å². The van der Waals surface area contributed by atoms with Gasteiger partial charge in [0, 0.05) is 29.1 Å². The number of hydrogen-bond donors (Lipinski definition) is 1. The molecule has 0 aliphatic rings. The fourth-order valence-corrected chi connectivity index (χ4v) is 3.35. The molecule has 0 amide bonds. The summed E-state index contributed by atoms with van der Waals surface area (Å²) in [5, 5.41) is 3.69. The number of halogens is 1. The first kappa shape index (κ1) is 15.9. The van der Waals surface area contributed by atoms with Crippen LogP contribution in [0.1, 0.15) is 16.7 Å². The molecule has 2 aromatic carbocycles. The lowest BCUT2D eigenvalue weighted by Crippen LogP contribution is -2.08. The van der Waals surface area contributed by atoms with Gasteiger partial charge in [-0.1, -0.05) is 23.7 Å². The van der Waals surface area contributed by atoms with E-state index in [0.29, 0.717) is 17.1 Å². The summed E-state index contributed by atoms with van der Waals surface area (Å²) in [6.07, 6.45) is 1.19. The van der Waals surface area contributed by atoms with Crippen molar-refractivity contribution in [3.63, 3.8) is 0 Å². The molecule has 0 aromatic heterocycles. The number of hydrogen-bond acceptors (Lipinski definition) is 3. The van der Waals surface area contributed by atoms with Crippen molar-refractivity contribution in [1.29, 1.82) is 0 Å². The minimum atomic E-state index is -3.30. The number of rotatable bonds is 4. The quantitative estimate of drug-likeness (QED) is 0.926. The zero-order valence-corrected chi connectivity index (χ0v) is 13.8. The second-order valence-electron chi connectivity index (χ2n) is 5.14. The van der Waals surface area contributed by atoms with E-state index >= 15 is 0 Å². The van der Waals surface area contributed by atoms with Crippen molar-refractivity contribution in [2.24, 2.45) is 0 Å². The smallest absolute Gasteiger partial charge is 0.175 e. The van der Waals surface area contributed by atoms with Gasteiger partial charge in [0.1, 0.15) is 0 Å². The summed E-state index contributed by atoms with van der Waals surface area (Å²) in [4.78, 5) is 0.270. The predicted octanol–water partition coefficient (Wildman–Crippen LogP) is 3.97. The molecule has 112 valence electrons. The fourth-order valence-electron chi connectivity index (χ4n) is 2.10. The maximum Gasteiger partial charge on any atom is 0.175 e. The normalized spacial score (nSPS) is 11.4. The van der Waals surface area contributed by atoms with E-state index in [-0.39, 0.29) is 4.90 Å². The molecule has 0 spiro atoms. The number of anilines is 1. The maximum atomic E-state index is 11.8. The Kier molecular flexibility index (Phi) is 4.59. The molecule has 0 fully saturated rings. The molecule has 0 aliphatic heterocycles. The van der Waals surface area contributed by atoms with Crippen LogP contribution in [-0.2, 0) is 16.4 Å². The lowest BCUT2D eigenvalue weighted by atomic mass is 10.1. The van der Waals surface area contributed by atoms with Crippen molar-refractivity contribution >= 4 is 27.1 Å². The molecule has 0 atom stereocenters. The van der Waals surface area contributed by atoms with Crippen LogP contribution in [0.4, 0.5) is 5.69 Å². The zero-order valence-electron chi connectivity index (χ0n) is 12.3. The van der Waals surface area contributed by atoms with Gasteiger partial charge in [-0.05, 0) is 49.2 Å². The van der Waals surface area contributed by atoms with Gasteiger partial charge >= 0.3 is 0 Å². The number of sulfone groups is 1. The fraction of sp³-hybridized carbons (Fsp3) is 0.250. The van der Waals surface area contributed by atoms with Crippen LogP contribution in [0.2, 0.25) is 5.02 Å². The molecule has 1 N–H and O–H groups in total. The molecule has 21 heavy (non-hydrogen) atoms. The van der Waals surface area contributed by atoms with Gasteiger partial charge in [-0.2, -0.15) is 0 Å². The number of nitrogens with one attached hydrogen (secondary N) is 1. The molecule has 5 heteroatoms. The molecular weight excluding hydrogens is 306 g/mol. The van der Waals surface area contributed by atoms with Crippen LogP contribution in [0.25, 0.3) is 0 Å². The highest BCUT2D eigenvalue weighted by Gasteiger charge is 2.15. The topological polar surface area (TPSA) is 46.2 Å². The Labute approximate surface area is 130 Å². The summed E-state index contributed by atoms with van der Waals surface area (Å²) >= 11 is 6.15. The third kappa shape index (κ3) is 3.77. The molecule has 0 saturated heterocycles. The predicted molar refractivity (Wildman–Crippen MR) is 87.8 cm³/mol. The number of aryl methyl sites for hydroxylation is 2. The first-order chi connectivity index (χ1) is 9.79. The Morgan fingerprint density at radius 2 is 1.81 bits per heavy atom. The van der Waals surface area contributed by atoms with Crippen molar-refractivity contribution in [3.05, 3.63) is 58.1 Å². The highest BCUT2D eigenvalue weighted by Crippen LogP contribution is 2.25. The largest absolute Gasteiger partial charge is 0.381 e. The van der Waals surface area contributed by atoms with E-state index in [4.69, 9.17) is 11.6 Å². The first-order valence-corrected chi connectivity index (χ1v) is 8.84. The minimum absolute atomic E-state index is 0.270. The summed E-state index contributed by atoms with van der Waals surface area (Å²) in [5.74, 6) is 0. The molecular formula is C16H18ClNO2S. The van der Waals surface area contributed by atoms with Crippen LogP contribution < -0.4 is 5.32 Å². The van der Waals surface area contributed by atoms with Crippen LogP contribution in [0.15, 0.2) is 41.3 Å². The van der Waals surface area contributed by atoms with Crippen molar-refractivity contribution in [2.75, 3.05) is 11.6 Å². The summed E-state index contributed by atoms with van der Waals surface area (Å²) in [6.45, 7) is 4.46. The Morgan fingerprint density at radius 3 is 2.43 bits per heavy atom. The Bertz CT molecular complexity index is 770. The van der Waals surface area contributed by atoms with Gasteiger partial charge in [-0.25, -0.2) is 8.42 Å².